The summed E-state index contributed by atoms with van der Waals surface area (Å²) < 4.78 is 43.3. The van der Waals surface area contributed by atoms with E-state index in [2.05, 4.69) is 10.1 Å². The molecular formula is C26H28F3N5O3. The van der Waals surface area contributed by atoms with Crippen LogP contribution in [0.2, 0.25) is 0 Å². The van der Waals surface area contributed by atoms with Crippen LogP contribution in [0.3, 0.4) is 0 Å². The van der Waals surface area contributed by atoms with Crippen molar-refractivity contribution < 1.29 is 18.0 Å². The average Bonchev–Trinajstić information content (AvgIpc) is 3.47. The van der Waals surface area contributed by atoms with Crippen molar-refractivity contribution in [3.05, 3.63) is 79.8 Å². The number of benzene rings is 1. The standard InChI is InChI=1S/C26H28F3N5O3/c1-4-8-19(35)20-21-23(33(6-3)25(37)34(11-5-2)24(21)36)31-22(20)17-13-30-32(15-17)14-16-9-7-10-18(12-16)26(27,28)29/h7,9-10,12-13,15,20H,4-6,8,11,14H2,1-3H3. The van der Waals surface area contributed by atoms with Crippen molar-refractivity contribution in [2.24, 2.45) is 4.99 Å². The Morgan fingerprint density at radius 2 is 1.84 bits per heavy atom. The molecular weight excluding hydrogens is 487 g/mol. The van der Waals surface area contributed by atoms with Crippen LogP contribution >= 0.6 is 0 Å². The summed E-state index contributed by atoms with van der Waals surface area (Å²) in [6.07, 6.45) is -0.0214. The second-order valence-electron chi connectivity index (χ2n) is 8.99. The summed E-state index contributed by atoms with van der Waals surface area (Å²) in [5.74, 6) is -0.956. The van der Waals surface area contributed by atoms with Crippen molar-refractivity contribution in [2.45, 2.75) is 71.8 Å². The van der Waals surface area contributed by atoms with Gasteiger partial charge < -0.3 is 0 Å². The van der Waals surface area contributed by atoms with E-state index in [1.54, 1.807) is 19.2 Å². The number of alkyl halides is 3. The molecule has 0 aliphatic carbocycles. The molecule has 2 aromatic heterocycles. The highest BCUT2D eigenvalue weighted by Crippen LogP contribution is 2.36. The van der Waals surface area contributed by atoms with E-state index in [0.717, 1.165) is 16.7 Å². The molecule has 37 heavy (non-hydrogen) atoms. The van der Waals surface area contributed by atoms with Gasteiger partial charge in [-0.05, 0) is 37.5 Å². The highest BCUT2D eigenvalue weighted by atomic mass is 19.4. The third kappa shape index (κ3) is 4.94. The Morgan fingerprint density at radius 1 is 1.08 bits per heavy atom. The van der Waals surface area contributed by atoms with Crippen molar-refractivity contribution in [2.75, 3.05) is 0 Å². The minimum atomic E-state index is -4.46. The molecule has 1 aliphatic heterocycles. The molecule has 11 heteroatoms. The van der Waals surface area contributed by atoms with Crippen molar-refractivity contribution in [3.63, 3.8) is 0 Å². The monoisotopic (exact) mass is 515 g/mol. The van der Waals surface area contributed by atoms with Crippen LogP contribution < -0.4 is 11.2 Å². The number of ketones is 1. The van der Waals surface area contributed by atoms with Gasteiger partial charge in [-0.3, -0.25) is 23.4 Å². The summed E-state index contributed by atoms with van der Waals surface area (Å²) in [5.41, 5.74) is -0.364. The van der Waals surface area contributed by atoms with Gasteiger partial charge in [-0.1, -0.05) is 26.0 Å². The number of Topliss-reactive ketones (excluding diaryl/α,β-unsaturated/α-hetero) is 1. The first kappa shape index (κ1) is 26.3. The van der Waals surface area contributed by atoms with E-state index >= 15 is 0 Å². The molecule has 196 valence electrons. The Morgan fingerprint density at radius 3 is 2.49 bits per heavy atom. The van der Waals surface area contributed by atoms with Crippen LogP contribution in [0.4, 0.5) is 19.0 Å². The second-order valence-corrected chi connectivity index (χ2v) is 8.99. The minimum absolute atomic E-state index is 0.0701. The van der Waals surface area contributed by atoms with Gasteiger partial charge in [0.2, 0.25) is 0 Å². The summed E-state index contributed by atoms with van der Waals surface area (Å²) in [4.78, 5) is 44.3. The smallest absolute Gasteiger partial charge is 0.299 e. The molecule has 0 spiro atoms. The van der Waals surface area contributed by atoms with Crippen LogP contribution in [-0.2, 0) is 30.6 Å². The van der Waals surface area contributed by atoms with Gasteiger partial charge >= 0.3 is 11.9 Å². The lowest BCUT2D eigenvalue weighted by molar-refractivity contribution is -0.137. The highest BCUT2D eigenvalue weighted by Gasteiger charge is 2.39. The molecule has 0 saturated carbocycles. The maximum absolute atomic E-state index is 13.4. The number of aromatic nitrogens is 4. The number of hydrogen-bond acceptors (Lipinski definition) is 5. The Balaban J connectivity index is 1.78. The molecule has 0 bridgehead atoms. The summed E-state index contributed by atoms with van der Waals surface area (Å²) in [6, 6.07) is 4.98. The van der Waals surface area contributed by atoms with Crippen molar-refractivity contribution in [3.8, 4) is 0 Å². The molecule has 1 atom stereocenters. The number of hydrogen-bond donors (Lipinski definition) is 0. The lowest BCUT2D eigenvalue weighted by Crippen LogP contribution is -2.42. The van der Waals surface area contributed by atoms with Gasteiger partial charge in [-0.25, -0.2) is 9.79 Å². The van der Waals surface area contributed by atoms with Crippen LogP contribution in [0.15, 0.2) is 51.2 Å². The SMILES string of the molecule is CCCC(=O)C1C(c2cnn(Cc3cccc(C(F)(F)F)c3)c2)=Nc2c1c(=O)n(CCC)c(=O)n2CC. The quantitative estimate of drug-likeness (QED) is 0.425. The van der Waals surface area contributed by atoms with E-state index in [4.69, 9.17) is 0 Å². The minimum Gasteiger partial charge on any atom is -0.299 e. The fourth-order valence-corrected chi connectivity index (χ4v) is 4.65. The zero-order valence-electron chi connectivity index (χ0n) is 20.9. The van der Waals surface area contributed by atoms with Gasteiger partial charge in [0, 0.05) is 31.3 Å². The van der Waals surface area contributed by atoms with E-state index in [1.807, 2.05) is 13.8 Å². The third-order valence-corrected chi connectivity index (χ3v) is 6.33. The van der Waals surface area contributed by atoms with E-state index in [-0.39, 0.29) is 43.2 Å². The van der Waals surface area contributed by atoms with Crippen molar-refractivity contribution >= 4 is 17.3 Å². The zero-order chi connectivity index (χ0) is 26.9. The number of rotatable bonds is 9. The number of aliphatic imine (C=N–C) groups is 1. The molecule has 1 unspecified atom stereocenters. The molecule has 0 amide bonds. The molecule has 0 radical (unpaired) electrons. The maximum atomic E-state index is 13.4. The molecule has 3 aromatic rings. The molecule has 4 rings (SSSR count). The molecule has 0 saturated heterocycles. The van der Waals surface area contributed by atoms with Gasteiger partial charge in [-0.15, -0.1) is 0 Å². The summed E-state index contributed by atoms with van der Waals surface area (Å²) in [5, 5.41) is 4.27. The topological polar surface area (TPSA) is 91.2 Å². The Bertz CT molecular complexity index is 1480. The summed E-state index contributed by atoms with van der Waals surface area (Å²) in [7, 11) is 0. The van der Waals surface area contributed by atoms with Gasteiger partial charge in [0.15, 0.2) is 0 Å². The van der Waals surface area contributed by atoms with E-state index < -0.39 is 28.9 Å². The number of halogens is 3. The van der Waals surface area contributed by atoms with Crippen LogP contribution in [0.25, 0.3) is 0 Å². The lowest BCUT2D eigenvalue weighted by atomic mass is 9.88. The first-order valence-electron chi connectivity index (χ1n) is 12.3. The van der Waals surface area contributed by atoms with Crippen LogP contribution in [0.5, 0.6) is 0 Å². The number of fused-ring (bicyclic) bond motifs is 1. The molecule has 8 nitrogen and oxygen atoms in total. The normalized spacial score (nSPS) is 15.1. The van der Waals surface area contributed by atoms with E-state index in [1.165, 1.54) is 21.5 Å². The predicted molar refractivity (Wildman–Crippen MR) is 133 cm³/mol. The fraction of sp³-hybridized carbons (Fsp3) is 0.423. The summed E-state index contributed by atoms with van der Waals surface area (Å²) >= 11 is 0. The number of carbonyl (C=O) groups excluding carboxylic acids is 1. The van der Waals surface area contributed by atoms with Crippen molar-refractivity contribution in [1.82, 2.24) is 18.9 Å². The zero-order valence-corrected chi connectivity index (χ0v) is 20.9. The van der Waals surface area contributed by atoms with Gasteiger partial charge in [-0.2, -0.15) is 18.3 Å². The van der Waals surface area contributed by atoms with Gasteiger partial charge in [0.1, 0.15) is 11.6 Å². The molecule has 0 fully saturated rings. The highest BCUT2D eigenvalue weighted by molar-refractivity contribution is 6.20. The number of nitrogens with zero attached hydrogens (tertiary/aromatic N) is 5. The first-order valence-corrected chi connectivity index (χ1v) is 12.3. The molecule has 0 N–H and O–H groups in total. The molecule has 3 heterocycles. The lowest BCUT2D eigenvalue weighted by Gasteiger charge is -2.15. The first-order chi connectivity index (χ1) is 17.6. The predicted octanol–water partition coefficient (Wildman–Crippen LogP) is 4.29. The largest absolute Gasteiger partial charge is 0.416 e. The second kappa shape index (κ2) is 10.3. The van der Waals surface area contributed by atoms with Crippen molar-refractivity contribution in [1.29, 1.82) is 0 Å². The Hall–Kier alpha value is -3.76. The van der Waals surface area contributed by atoms with Crippen LogP contribution in [-0.4, -0.2) is 30.4 Å². The fourth-order valence-electron chi connectivity index (χ4n) is 4.65. The van der Waals surface area contributed by atoms with Gasteiger partial charge in [0.05, 0.1) is 35.5 Å². The van der Waals surface area contributed by atoms with Gasteiger partial charge in [0.25, 0.3) is 5.56 Å². The number of carbonyl (C=O) groups is 1. The van der Waals surface area contributed by atoms with Crippen LogP contribution in [0, 0.1) is 0 Å². The molecule has 1 aromatic carbocycles. The van der Waals surface area contributed by atoms with Crippen LogP contribution in [0.1, 0.15) is 68.2 Å². The molecule has 1 aliphatic rings. The third-order valence-electron chi connectivity index (χ3n) is 6.33. The Kier molecular flexibility index (Phi) is 7.33. The summed E-state index contributed by atoms with van der Waals surface area (Å²) in [6.45, 7) is 6.05. The van der Waals surface area contributed by atoms with E-state index in [0.29, 0.717) is 29.7 Å². The Labute approximate surface area is 211 Å². The average molecular weight is 516 g/mol. The van der Waals surface area contributed by atoms with E-state index in [9.17, 15) is 27.6 Å². The maximum Gasteiger partial charge on any atom is 0.416 e.